The van der Waals surface area contributed by atoms with Gasteiger partial charge in [-0.15, -0.1) is 0 Å². The highest BCUT2D eigenvalue weighted by Crippen LogP contribution is 2.29. The number of carbonyl (C=O) groups is 1. The Bertz CT molecular complexity index is 858. The van der Waals surface area contributed by atoms with Crippen molar-refractivity contribution in [3.05, 3.63) is 48.0 Å². The molecule has 1 heterocycles. The highest BCUT2D eigenvalue weighted by Gasteiger charge is 2.14. The van der Waals surface area contributed by atoms with Crippen molar-refractivity contribution >= 4 is 33.5 Å². The molecule has 4 heteroatoms. The Labute approximate surface area is 135 Å². The lowest BCUT2D eigenvalue weighted by atomic mass is 10.0. The Hall–Kier alpha value is -2.62. The third-order valence-electron chi connectivity index (χ3n) is 4.01. The van der Waals surface area contributed by atoms with E-state index < -0.39 is 5.97 Å². The van der Waals surface area contributed by atoms with Crippen molar-refractivity contribution in [2.45, 2.75) is 26.2 Å². The van der Waals surface area contributed by atoms with Crippen LogP contribution in [-0.2, 0) is 0 Å². The van der Waals surface area contributed by atoms with Crippen molar-refractivity contribution in [3.8, 4) is 0 Å². The molecule has 2 aromatic carbocycles. The monoisotopic (exact) mass is 308 g/mol. The molecule has 0 aliphatic heterocycles. The van der Waals surface area contributed by atoms with Gasteiger partial charge in [-0.1, -0.05) is 38.0 Å². The summed E-state index contributed by atoms with van der Waals surface area (Å²) in [6.07, 6.45) is 3.28. The molecule has 0 bridgehead atoms. The lowest BCUT2D eigenvalue weighted by Crippen LogP contribution is -2.08. The average Bonchev–Trinajstić information content (AvgIpc) is 2.56. The maximum absolute atomic E-state index is 11.6. The quantitative estimate of drug-likeness (QED) is 0.512. The van der Waals surface area contributed by atoms with Crippen molar-refractivity contribution in [2.75, 3.05) is 11.9 Å². The molecule has 23 heavy (non-hydrogen) atoms. The number of aromatic carboxylic acids is 1. The molecule has 3 aromatic rings. The minimum Gasteiger partial charge on any atom is -0.478 e. The van der Waals surface area contributed by atoms with Crippen LogP contribution in [-0.4, -0.2) is 22.6 Å². The van der Waals surface area contributed by atoms with Crippen molar-refractivity contribution < 1.29 is 9.90 Å². The van der Waals surface area contributed by atoms with E-state index in [9.17, 15) is 9.90 Å². The van der Waals surface area contributed by atoms with Crippen molar-refractivity contribution in [1.82, 2.24) is 4.98 Å². The Morgan fingerprint density at radius 3 is 2.74 bits per heavy atom. The molecule has 0 spiro atoms. The minimum absolute atomic E-state index is 0.297. The smallest absolute Gasteiger partial charge is 0.337 e. The zero-order chi connectivity index (χ0) is 16.2. The number of hydrogen-bond donors (Lipinski definition) is 2. The first-order chi connectivity index (χ1) is 11.2. The summed E-state index contributed by atoms with van der Waals surface area (Å²) >= 11 is 0. The van der Waals surface area contributed by atoms with E-state index in [2.05, 4.69) is 17.2 Å². The van der Waals surface area contributed by atoms with Crippen LogP contribution in [0.2, 0.25) is 0 Å². The van der Waals surface area contributed by atoms with E-state index in [-0.39, 0.29) is 0 Å². The number of carboxylic acid groups (broad SMARTS) is 1. The van der Waals surface area contributed by atoms with Gasteiger partial charge in [-0.3, -0.25) is 0 Å². The Morgan fingerprint density at radius 2 is 1.96 bits per heavy atom. The number of para-hydroxylation sites is 1. The van der Waals surface area contributed by atoms with E-state index >= 15 is 0 Å². The number of unbranched alkanes of at least 4 members (excludes halogenated alkanes) is 2. The summed E-state index contributed by atoms with van der Waals surface area (Å²) in [6, 6.07) is 13.3. The van der Waals surface area contributed by atoms with Crippen LogP contribution in [0.25, 0.3) is 21.8 Å². The summed E-state index contributed by atoms with van der Waals surface area (Å²) in [7, 11) is 0. The maximum Gasteiger partial charge on any atom is 0.337 e. The van der Waals surface area contributed by atoms with Gasteiger partial charge in [0.05, 0.1) is 22.3 Å². The van der Waals surface area contributed by atoms with E-state index in [1.54, 1.807) is 12.1 Å². The average molecular weight is 308 g/mol. The SMILES string of the molecule is CCCCCNc1c(C(=O)O)ccc2nc3ccccc3cc12. The molecule has 3 rings (SSSR count). The summed E-state index contributed by atoms with van der Waals surface area (Å²) in [4.78, 5) is 16.2. The van der Waals surface area contributed by atoms with Crippen LogP contribution < -0.4 is 5.32 Å². The third-order valence-corrected chi connectivity index (χ3v) is 4.01. The molecule has 0 aliphatic rings. The minimum atomic E-state index is -0.918. The Morgan fingerprint density at radius 1 is 1.13 bits per heavy atom. The molecular weight excluding hydrogens is 288 g/mol. The van der Waals surface area contributed by atoms with Gasteiger partial charge in [0.2, 0.25) is 0 Å². The van der Waals surface area contributed by atoms with Crippen molar-refractivity contribution in [1.29, 1.82) is 0 Å². The Balaban J connectivity index is 2.12. The lowest BCUT2D eigenvalue weighted by molar-refractivity contribution is 0.0698. The first-order valence-electron chi connectivity index (χ1n) is 8.00. The molecular formula is C19H20N2O2. The number of benzene rings is 2. The summed E-state index contributed by atoms with van der Waals surface area (Å²) in [5, 5.41) is 14.7. The molecule has 4 nitrogen and oxygen atoms in total. The third kappa shape index (κ3) is 3.11. The number of pyridine rings is 1. The highest BCUT2D eigenvalue weighted by molar-refractivity contribution is 6.07. The molecule has 1 aromatic heterocycles. The van der Waals surface area contributed by atoms with Gasteiger partial charge in [0, 0.05) is 17.3 Å². The fraction of sp³-hybridized carbons (Fsp3) is 0.263. The molecule has 0 saturated heterocycles. The van der Waals surface area contributed by atoms with Gasteiger partial charge in [-0.2, -0.15) is 0 Å². The maximum atomic E-state index is 11.6. The normalized spacial score (nSPS) is 11.0. The first-order valence-corrected chi connectivity index (χ1v) is 8.00. The van der Waals surface area contributed by atoms with Crippen LogP contribution in [0, 0.1) is 0 Å². The molecule has 0 saturated carbocycles. The molecule has 0 fully saturated rings. The van der Waals surface area contributed by atoms with Gasteiger partial charge in [0.25, 0.3) is 0 Å². The van der Waals surface area contributed by atoms with Gasteiger partial charge in [-0.25, -0.2) is 9.78 Å². The summed E-state index contributed by atoms with van der Waals surface area (Å²) in [5.41, 5.74) is 2.70. The van der Waals surface area contributed by atoms with E-state index in [0.29, 0.717) is 11.3 Å². The van der Waals surface area contributed by atoms with Crippen molar-refractivity contribution in [2.24, 2.45) is 0 Å². The van der Waals surface area contributed by atoms with E-state index in [4.69, 9.17) is 0 Å². The molecule has 2 N–H and O–H groups in total. The van der Waals surface area contributed by atoms with Crippen molar-refractivity contribution in [3.63, 3.8) is 0 Å². The number of rotatable bonds is 6. The van der Waals surface area contributed by atoms with Crippen LogP contribution >= 0.6 is 0 Å². The number of aromatic nitrogens is 1. The first kappa shape index (κ1) is 15.3. The molecule has 0 unspecified atom stereocenters. The van der Waals surface area contributed by atoms with Gasteiger partial charge in [0.15, 0.2) is 0 Å². The largest absolute Gasteiger partial charge is 0.478 e. The van der Waals surface area contributed by atoms with Crippen LogP contribution in [0.4, 0.5) is 5.69 Å². The van der Waals surface area contributed by atoms with Crippen LogP contribution in [0.15, 0.2) is 42.5 Å². The fourth-order valence-electron chi connectivity index (χ4n) is 2.81. The second-order valence-electron chi connectivity index (χ2n) is 5.67. The summed E-state index contributed by atoms with van der Waals surface area (Å²) in [5.74, 6) is -0.918. The Kier molecular flexibility index (Phi) is 4.42. The molecule has 0 atom stereocenters. The van der Waals surface area contributed by atoms with Gasteiger partial charge in [-0.05, 0) is 30.7 Å². The van der Waals surface area contributed by atoms with Gasteiger partial charge in [0.1, 0.15) is 0 Å². The van der Waals surface area contributed by atoms with E-state index in [1.165, 1.54) is 0 Å². The fourth-order valence-corrected chi connectivity index (χ4v) is 2.81. The van der Waals surface area contributed by atoms with E-state index in [1.807, 2.05) is 30.3 Å². The van der Waals surface area contributed by atoms with Crippen LogP contribution in [0.3, 0.4) is 0 Å². The second-order valence-corrected chi connectivity index (χ2v) is 5.67. The lowest BCUT2D eigenvalue weighted by Gasteiger charge is -2.13. The topological polar surface area (TPSA) is 62.2 Å². The molecule has 0 radical (unpaired) electrons. The molecule has 118 valence electrons. The number of fused-ring (bicyclic) bond motifs is 2. The number of anilines is 1. The predicted octanol–water partition coefficient (Wildman–Crippen LogP) is 4.69. The molecule has 0 aliphatic carbocycles. The zero-order valence-electron chi connectivity index (χ0n) is 13.2. The standard InChI is InChI=1S/C19H20N2O2/c1-2-3-6-11-20-18-14(19(22)23)9-10-17-15(18)12-13-7-4-5-8-16(13)21-17/h4-5,7-10,12,20H,2-3,6,11H2,1H3,(H,22,23). The van der Waals surface area contributed by atoms with Crippen LogP contribution in [0.5, 0.6) is 0 Å². The predicted molar refractivity (Wildman–Crippen MR) is 94.2 cm³/mol. The summed E-state index contributed by atoms with van der Waals surface area (Å²) < 4.78 is 0. The molecule has 0 amide bonds. The van der Waals surface area contributed by atoms with Gasteiger partial charge < -0.3 is 10.4 Å². The van der Waals surface area contributed by atoms with Crippen LogP contribution in [0.1, 0.15) is 36.5 Å². The number of nitrogens with zero attached hydrogens (tertiary/aromatic N) is 1. The summed E-state index contributed by atoms with van der Waals surface area (Å²) in [6.45, 7) is 2.91. The second kappa shape index (κ2) is 6.65. The van der Waals surface area contributed by atoms with E-state index in [0.717, 1.165) is 47.6 Å². The highest BCUT2D eigenvalue weighted by atomic mass is 16.4. The number of nitrogens with one attached hydrogen (secondary N) is 1. The number of carboxylic acids is 1. The zero-order valence-corrected chi connectivity index (χ0v) is 13.2. The number of hydrogen-bond acceptors (Lipinski definition) is 3. The van der Waals surface area contributed by atoms with Gasteiger partial charge >= 0.3 is 5.97 Å².